The number of rotatable bonds is 3. The molecule has 2 heterocycles. The zero-order valence-corrected chi connectivity index (χ0v) is 11.1. The largest absolute Gasteiger partial charge is 0.281 e. The van der Waals surface area contributed by atoms with Crippen molar-refractivity contribution in [3.8, 4) is 0 Å². The fourth-order valence-corrected chi connectivity index (χ4v) is 2.20. The Morgan fingerprint density at radius 1 is 1.19 bits per heavy atom. The van der Waals surface area contributed by atoms with Crippen molar-refractivity contribution in [2.24, 2.45) is 0 Å². The van der Waals surface area contributed by atoms with Crippen LogP contribution in [0.2, 0.25) is 0 Å². The van der Waals surface area contributed by atoms with E-state index in [4.69, 9.17) is 0 Å². The summed E-state index contributed by atoms with van der Waals surface area (Å²) in [7, 11) is 0. The van der Waals surface area contributed by atoms with E-state index in [-0.39, 0.29) is 11.2 Å². The van der Waals surface area contributed by atoms with Gasteiger partial charge in [0.25, 0.3) is 11.2 Å². The van der Waals surface area contributed by atoms with Gasteiger partial charge in [-0.3, -0.25) is 20.0 Å². The first kappa shape index (κ1) is 13.0. The maximum absolute atomic E-state index is 11.7. The number of aryl methyl sites for hydroxylation is 1. The molecule has 0 saturated heterocycles. The molecule has 0 saturated carbocycles. The van der Waals surface area contributed by atoms with Gasteiger partial charge in [0.1, 0.15) is 5.52 Å². The lowest BCUT2D eigenvalue weighted by atomic mass is 10.1. The van der Waals surface area contributed by atoms with Crippen molar-refractivity contribution in [2.45, 2.75) is 13.3 Å². The molecule has 8 nitrogen and oxygen atoms in total. The Morgan fingerprint density at radius 2 is 1.90 bits per heavy atom. The van der Waals surface area contributed by atoms with E-state index < -0.39 is 4.92 Å². The summed E-state index contributed by atoms with van der Waals surface area (Å²) in [5.74, 6) is 0. The zero-order chi connectivity index (χ0) is 15.0. The summed E-state index contributed by atoms with van der Waals surface area (Å²) < 4.78 is 0. The van der Waals surface area contributed by atoms with Crippen molar-refractivity contribution < 1.29 is 4.92 Å². The van der Waals surface area contributed by atoms with Crippen molar-refractivity contribution in [1.82, 2.24) is 20.4 Å². The van der Waals surface area contributed by atoms with Crippen LogP contribution in [0.15, 0.2) is 29.1 Å². The molecule has 0 radical (unpaired) electrons. The predicted octanol–water partition coefficient (Wildman–Crippen LogP) is 1.45. The minimum Gasteiger partial charge on any atom is -0.281 e. The van der Waals surface area contributed by atoms with Gasteiger partial charge in [-0.25, -0.2) is 5.10 Å². The molecule has 0 aliphatic rings. The summed E-state index contributed by atoms with van der Waals surface area (Å²) >= 11 is 0. The number of hydrogen-bond donors (Lipinski definition) is 2. The Morgan fingerprint density at radius 3 is 2.57 bits per heavy atom. The molecule has 3 aromatic rings. The molecule has 0 aliphatic heterocycles. The van der Waals surface area contributed by atoms with Gasteiger partial charge >= 0.3 is 0 Å². The smallest absolute Gasteiger partial charge is 0.275 e. The third kappa shape index (κ3) is 2.27. The molecule has 2 aromatic heterocycles. The number of non-ortho nitro benzene ring substituents is 1. The van der Waals surface area contributed by atoms with Crippen molar-refractivity contribution >= 4 is 16.6 Å². The lowest BCUT2D eigenvalue weighted by molar-refractivity contribution is -0.384. The number of nitrogens with one attached hydrogen (secondary N) is 2. The second-order valence-corrected chi connectivity index (χ2v) is 4.67. The highest BCUT2D eigenvalue weighted by atomic mass is 16.6. The molecule has 0 aliphatic carbocycles. The minimum absolute atomic E-state index is 0.0361. The number of nitro groups is 1. The zero-order valence-electron chi connectivity index (χ0n) is 11.1. The van der Waals surface area contributed by atoms with Gasteiger partial charge in [-0.1, -0.05) is 12.1 Å². The number of nitro benzene ring substituents is 1. The van der Waals surface area contributed by atoms with Crippen LogP contribution >= 0.6 is 0 Å². The highest BCUT2D eigenvalue weighted by Crippen LogP contribution is 2.18. The second kappa shape index (κ2) is 4.82. The maximum Gasteiger partial charge on any atom is 0.275 e. The van der Waals surface area contributed by atoms with E-state index in [0.29, 0.717) is 28.7 Å². The molecule has 0 spiro atoms. The number of aromatic nitrogens is 4. The minimum atomic E-state index is -0.447. The summed E-state index contributed by atoms with van der Waals surface area (Å²) in [6, 6.07) is 6.20. The van der Waals surface area contributed by atoms with Gasteiger partial charge in [0.05, 0.1) is 16.0 Å². The predicted molar refractivity (Wildman–Crippen MR) is 75.1 cm³/mol. The Labute approximate surface area is 118 Å². The highest BCUT2D eigenvalue weighted by Gasteiger charge is 2.13. The summed E-state index contributed by atoms with van der Waals surface area (Å²) in [5, 5.41) is 24.5. The van der Waals surface area contributed by atoms with Crippen LogP contribution in [0.25, 0.3) is 10.9 Å². The molecule has 3 rings (SSSR count). The fraction of sp³-hybridized carbons (Fsp3) is 0.154. The lowest BCUT2D eigenvalue weighted by Gasteiger charge is -2.01. The number of fused-ring (bicyclic) bond motifs is 1. The van der Waals surface area contributed by atoms with Gasteiger partial charge in [-0.05, 0) is 12.5 Å². The van der Waals surface area contributed by atoms with Crippen LogP contribution in [-0.2, 0) is 6.42 Å². The van der Waals surface area contributed by atoms with Gasteiger partial charge in [0.2, 0.25) is 0 Å². The third-order valence-electron chi connectivity index (χ3n) is 3.26. The fourth-order valence-electron chi connectivity index (χ4n) is 2.20. The van der Waals surface area contributed by atoms with E-state index >= 15 is 0 Å². The van der Waals surface area contributed by atoms with Crippen molar-refractivity contribution in [1.29, 1.82) is 0 Å². The third-order valence-corrected chi connectivity index (χ3v) is 3.26. The molecular weight excluding hydrogens is 274 g/mol. The van der Waals surface area contributed by atoms with E-state index in [1.807, 2.05) is 0 Å². The van der Waals surface area contributed by atoms with Gasteiger partial charge in [0, 0.05) is 24.2 Å². The summed E-state index contributed by atoms with van der Waals surface area (Å²) in [5.41, 5.74) is 2.41. The van der Waals surface area contributed by atoms with E-state index in [2.05, 4.69) is 20.4 Å². The molecule has 0 fully saturated rings. The van der Waals surface area contributed by atoms with E-state index in [1.54, 1.807) is 19.1 Å². The van der Waals surface area contributed by atoms with Crippen LogP contribution < -0.4 is 5.56 Å². The number of nitrogens with zero attached hydrogens (tertiary/aromatic N) is 3. The van der Waals surface area contributed by atoms with Crippen molar-refractivity contribution in [3.63, 3.8) is 0 Å². The Bertz CT molecular complexity index is 879. The molecular formula is C13H11N5O3. The summed E-state index contributed by atoms with van der Waals surface area (Å²) in [4.78, 5) is 21.9. The Hall–Kier alpha value is -3.03. The number of hydrogen-bond acceptors (Lipinski definition) is 5. The second-order valence-electron chi connectivity index (χ2n) is 4.67. The molecule has 0 atom stereocenters. The molecule has 2 N–H and O–H groups in total. The number of aromatic amines is 2. The molecule has 106 valence electrons. The molecule has 0 unspecified atom stereocenters. The average molecular weight is 285 g/mol. The molecule has 0 amide bonds. The first-order valence-electron chi connectivity index (χ1n) is 6.22. The molecule has 1 aromatic carbocycles. The molecule has 0 bridgehead atoms. The SMILES string of the molecule is Cc1[nH]nc2c(Cc3ccc([N+](=O)[O-])cc3)n[nH]c(=O)c12. The monoisotopic (exact) mass is 285 g/mol. The summed E-state index contributed by atoms with van der Waals surface area (Å²) in [6.45, 7) is 1.76. The van der Waals surface area contributed by atoms with Crippen LogP contribution in [0.1, 0.15) is 17.0 Å². The quantitative estimate of drug-likeness (QED) is 0.558. The van der Waals surface area contributed by atoms with E-state index in [1.165, 1.54) is 12.1 Å². The van der Waals surface area contributed by atoms with Gasteiger partial charge in [0.15, 0.2) is 0 Å². The van der Waals surface area contributed by atoms with Crippen LogP contribution in [-0.4, -0.2) is 25.3 Å². The van der Waals surface area contributed by atoms with Gasteiger partial charge in [-0.15, -0.1) is 0 Å². The van der Waals surface area contributed by atoms with Crippen LogP contribution in [0.4, 0.5) is 5.69 Å². The van der Waals surface area contributed by atoms with Crippen molar-refractivity contribution in [2.75, 3.05) is 0 Å². The standard InChI is InChI=1S/C13H11N5O3/c1-7-11-12(16-14-7)10(15-17-13(11)19)6-8-2-4-9(5-3-8)18(20)21/h2-5H,6H2,1H3,(H,14,16)(H,17,19). The number of H-pyrrole nitrogens is 2. The first-order valence-corrected chi connectivity index (χ1v) is 6.22. The van der Waals surface area contributed by atoms with E-state index in [9.17, 15) is 14.9 Å². The van der Waals surface area contributed by atoms with E-state index in [0.717, 1.165) is 5.56 Å². The summed E-state index contributed by atoms with van der Waals surface area (Å²) in [6.07, 6.45) is 0.426. The molecule has 21 heavy (non-hydrogen) atoms. The van der Waals surface area contributed by atoms with Gasteiger partial charge < -0.3 is 0 Å². The van der Waals surface area contributed by atoms with Gasteiger partial charge in [-0.2, -0.15) is 10.2 Å². The number of benzene rings is 1. The first-order chi connectivity index (χ1) is 10.1. The Balaban J connectivity index is 2.00. The van der Waals surface area contributed by atoms with Crippen LogP contribution in [0.3, 0.4) is 0 Å². The normalized spacial score (nSPS) is 10.9. The van der Waals surface area contributed by atoms with Crippen LogP contribution in [0.5, 0.6) is 0 Å². The van der Waals surface area contributed by atoms with Crippen LogP contribution in [0, 0.1) is 17.0 Å². The lowest BCUT2D eigenvalue weighted by Crippen LogP contribution is -2.11. The topological polar surface area (TPSA) is 118 Å². The maximum atomic E-state index is 11.7. The average Bonchev–Trinajstić information content (AvgIpc) is 2.86. The van der Waals surface area contributed by atoms with Crippen molar-refractivity contribution in [3.05, 3.63) is 61.7 Å². The highest BCUT2D eigenvalue weighted by molar-refractivity contribution is 5.82. The molecule has 8 heteroatoms. The Kier molecular flexibility index (Phi) is 2.98.